The van der Waals surface area contributed by atoms with Crippen LogP contribution in [0.2, 0.25) is 5.15 Å². The van der Waals surface area contributed by atoms with Gasteiger partial charge in [-0.15, -0.1) is 0 Å². The van der Waals surface area contributed by atoms with E-state index in [1.54, 1.807) is 42.5 Å². The van der Waals surface area contributed by atoms with Gasteiger partial charge in [0, 0.05) is 23.4 Å². The third-order valence-corrected chi connectivity index (χ3v) is 3.11. The van der Waals surface area contributed by atoms with E-state index in [2.05, 4.69) is 15.3 Å². The Kier molecular flexibility index (Phi) is 3.89. The highest BCUT2D eigenvalue weighted by atomic mass is 35.5. The molecule has 0 atom stereocenters. The van der Waals surface area contributed by atoms with E-state index in [1.165, 1.54) is 12.1 Å². The van der Waals surface area contributed by atoms with Crippen molar-refractivity contribution < 1.29 is 9.50 Å². The maximum absolute atomic E-state index is 13.0. The smallest absolute Gasteiger partial charge is 0.163 e. The number of phenolic OH excluding ortho intramolecular Hbond substituents is 1. The van der Waals surface area contributed by atoms with Crippen molar-refractivity contribution in [2.24, 2.45) is 0 Å². The Hall–Kier alpha value is -2.66. The highest BCUT2D eigenvalue weighted by molar-refractivity contribution is 6.29. The Morgan fingerprint density at radius 1 is 1.00 bits per heavy atom. The predicted molar refractivity (Wildman–Crippen MR) is 83.8 cm³/mol. The second-order valence-electron chi connectivity index (χ2n) is 4.58. The van der Waals surface area contributed by atoms with Crippen molar-refractivity contribution in [2.75, 3.05) is 5.32 Å². The molecule has 0 fully saturated rings. The van der Waals surface area contributed by atoms with Gasteiger partial charge in [-0.25, -0.2) is 14.4 Å². The summed E-state index contributed by atoms with van der Waals surface area (Å²) in [6.07, 6.45) is 0. The quantitative estimate of drug-likeness (QED) is 0.704. The zero-order valence-electron chi connectivity index (χ0n) is 11.3. The van der Waals surface area contributed by atoms with Crippen molar-refractivity contribution in [2.45, 2.75) is 0 Å². The van der Waals surface area contributed by atoms with Crippen LogP contribution in [0.3, 0.4) is 0 Å². The zero-order valence-corrected chi connectivity index (χ0v) is 12.0. The van der Waals surface area contributed by atoms with Gasteiger partial charge in [0.05, 0.1) is 0 Å². The molecule has 0 saturated carbocycles. The molecular formula is C16H11ClFN3O. The molecule has 0 aliphatic rings. The van der Waals surface area contributed by atoms with Crippen LogP contribution in [0.5, 0.6) is 5.75 Å². The lowest BCUT2D eigenvalue weighted by Crippen LogP contribution is -1.97. The standard InChI is InChI=1S/C16H11ClFN3O/c17-14-9-15(19-12-2-1-3-13(22)8-12)21-16(20-14)10-4-6-11(18)7-5-10/h1-9,22H,(H,19,20,21). The Labute approximate surface area is 131 Å². The van der Waals surface area contributed by atoms with Gasteiger partial charge in [0.15, 0.2) is 5.82 Å². The molecule has 0 saturated heterocycles. The van der Waals surface area contributed by atoms with Crippen molar-refractivity contribution in [1.82, 2.24) is 9.97 Å². The molecule has 0 amide bonds. The summed E-state index contributed by atoms with van der Waals surface area (Å²) < 4.78 is 13.0. The number of anilines is 2. The molecule has 0 aliphatic heterocycles. The van der Waals surface area contributed by atoms with Crippen LogP contribution in [0, 0.1) is 5.82 Å². The topological polar surface area (TPSA) is 58.0 Å². The normalized spacial score (nSPS) is 10.5. The fraction of sp³-hybridized carbons (Fsp3) is 0. The molecule has 22 heavy (non-hydrogen) atoms. The summed E-state index contributed by atoms with van der Waals surface area (Å²) in [5.41, 5.74) is 1.32. The number of nitrogens with one attached hydrogen (secondary N) is 1. The molecule has 6 heteroatoms. The van der Waals surface area contributed by atoms with Gasteiger partial charge in [0.25, 0.3) is 0 Å². The lowest BCUT2D eigenvalue weighted by atomic mass is 10.2. The highest BCUT2D eigenvalue weighted by Gasteiger charge is 2.07. The molecular weight excluding hydrogens is 305 g/mol. The fourth-order valence-corrected chi connectivity index (χ4v) is 2.12. The molecule has 3 rings (SSSR count). The van der Waals surface area contributed by atoms with E-state index >= 15 is 0 Å². The van der Waals surface area contributed by atoms with Crippen molar-refractivity contribution in [3.05, 3.63) is 65.6 Å². The largest absolute Gasteiger partial charge is 0.508 e. The predicted octanol–water partition coefficient (Wildman–Crippen LogP) is 4.39. The van der Waals surface area contributed by atoms with E-state index in [9.17, 15) is 9.50 Å². The average molecular weight is 316 g/mol. The lowest BCUT2D eigenvalue weighted by molar-refractivity contribution is 0.475. The summed E-state index contributed by atoms with van der Waals surface area (Å²) in [5.74, 6) is 0.674. The minimum atomic E-state index is -0.330. The van der Waals surface area contributed by atoms with E-state index in [0.29, 0.717) is 22.9 Å². The van der Waals surface area contributed by atoms with Crippen LogP contribution >= 0.6 is 11.6 Å². The first-order chi connectivity index (χ1) is 10.6. The molecule has 0 aliphatic carbocycles. The monoisotopic (exact) mass is 315 g/mol. The van der Waals surface area contributed by atoms with Gasteiger partial charge in [-0.1, -0.05) is 17.7 Å². The number of benzene rings is 2. The summed E-state index contributed by atoms with van der Waals surface area (Å²) in [4.78, 5) is 8.48. The number of halogens is 2. The Morgan fingerprint density at radius 3 is 2.50 bits per heavy atom. The third kappa shape index (κ3) is 3.32. The summed E-state index contributed by atoms with van der Waals surface area (Å²) in [6.45, 7) is 0. The Balaban J connectivity index is 1.94. The summed E-state index contributed by atoms with van der Waals surface area (Å²) in [6, 6.07) is 14.0. The van der Waals surface area contributed by atoms with Crippen molar-refractivity contribution in [3.63, 3.8) is 0 Å². The lowest BCUT2D eigenvalue weighted by Gasteiger charge is -2.08. The molecule has 2 aromatic carbocycles. The molecule has 0 bridgehead atoms. The molecule has 3 aromatic rings. The van der Waals surface area contributed by atoms with Gasteiger partial charge >= 0.3 is 0 Å². The van der Waals surface area contributed by atoms with Crippen LogP contribution in [0.1, 0.15) is 0 Å². The first-order valence-electron chi connectivity index (χ1n) is 6.47. The zero-order chi connectivity index (χ0) is 15.5. The number of nitrogens with zero attached hydrogens (tertiary/aromatic N) is 2. The number of aromatic nitrogens is 2. The number of rotatable bonds is 3. The van der Waals surface area contributed by atoms with E-state index in [1.807, 2.05) is 0 Å². The van der Waals surface area contributed by atoms with Gasteiger partial charge in [-0.05, 0) is 36.4 Å². The van der Waals surface area contributed by atoms with Gasteiger partial charge in [0.1, 0.15) is 22.5 Å². The Morgan fingerprint density at radius 2 is 1.77 bits per heavy atom. The van der Waals surface area contributed by atoms with Crippen LogP contribution in [0.15, 0.2) is 54.6 Å². The molecule has 1 aromatic heterocycles. The second kappa shape index (κ2) is 5.99. The van der Waals surface area contributed by atoms with E-state index in [4.69, 9.17) is 11.6 Å². The van der Waals surface area contributed by atoms with Crippen molar-refractivity contribution >= 4 is 23.1 Å². The number of aromatic hydroxyl groups is 1. The highest BCUT2D eigenvalue weighted by Crippen LogP contribution is 2.24. The van der Waals surface area contributed by atoms with Crippen LogP contribution in [-0.4, -0.2) is 15.1 Å². The van der Waals surface area contributed by atoms with Gasteiger partial charge in [-0.3, -0.25) is 0 Å². The molecule has 2 N–H and O–H groups in total. The first-order valence-corrected chi connectivity index (χ1v) is 6.84. The van der Waals surface area contributed by atoms with Crippen LogP contribution in [0.4, 0.5) is 15.9 Å². The van der Waals surface area contributed by atoms with E-state index < -0.39 is 0 Å². The van der Waals surface area contributed by atoms with E-state index in [0.717, 1.165) is 0 Å². The Bertz CT molecular complexity index is 809. The van der Waals surface area contributed by atoms with Crippen molar-refractivity contribution in [3.8, 4) is 17.1 Å². The average Bonchev–Trinajstić information content (AvgIpc) is 2.47. The summed E-state index contributed by atoms with van der Waals surface area (Å²) in [7, 11) is 0. The summed E-state index contributed by atoms with van der Waals surface area (Å²) >= 11 is 6.01. The van der Waals surface area contributed by atoms with Gasteiger partial charge in [-0.2, -0.15) is 0 Å². The molecule has 1 heterocycles. The van der Waals surface area contributed by atoms with Crippen LogP contribution < -0.4 is 5.32 Å². The third-order valence-electron chi connectivity index (χ3n) is 2.92. The molecule has 0 unspecified atom stereocenters. The molecule has 0 radical (unpaired) electrons. The van der Waals surface area contributed by atoms with E-state index in [-0.39, 0.29) is 16.7 Å². The number of phenols is 1. The fourth-order valence-electron chi connectivity index (χ4n) is 1.94. The van der Waals surface area contributed by atoms with Crippen molar-refractivity contribution in [1.29, 1.82) is 0 Å². The molecule has 0 spiro atoms. The maximum Gasteiger partial charge on any atom is 0.163 e. The second-order valence-corrected chi connectivity index (χ2v) is 4.97. The maximum atomic E-state index is 13.0. The number of hydrogen-bond acceptors (Lipinski definition) is 4. The van der Waals surface area contributed by atoms with Crippen LogP contribution in [-0.2, 0) is 0 Å². The summed E-state index contributed by atoms with van der Waals surface area (Å²) in [5, 5.41) is 12.8. The molecule has 110 valence electrons. The van der Waals surface area contributed by atoms with Crippen LogP contribution in [0.25, 0.3) is 11.4 Å². The molecule has 4 nitrogen and oxygen atoms in total. The first kappa shape index (κ1) is 14.3. The number of hydrogen-bond donors (Lipinski definition) is 2. The van der Waals surface area contributed by atoms with Gasteiger partial charge < -0.3 is 10.4 Å². The van der Waals surface area contributed by atoms with Gasteiger partial charge in [0.2, 0.25) is 0 Å². The minimum absolute atomic E-state index is 0.143. The minimum Gasteiger partial charge on any atom is -0.508 e. The SMILES string of the molecule is Oc1cccc(Nc2cc(Cl)nc(-c3ccc(F)cc3)n2)c1.